The van der Waals surface area contributed by atoms with Crippen LogP contribution in [0.2, 0.25) is 5.02 Å². The van der Waals surface area contributed by atoms with Gasteiger partial charge in [0.05, 0.1) is 24.8 Å². The van der Waals surface area contributed by atoms with Crippen LogP contribution in [0.4, 0.5) is 0 Å². The molecule has 0 saturated heterocycles. The van der Waals surface area contributed by atoms with E-state index < -0.39 is 0 Å². The van der Waals surface area contributed by atoms with E-state index >= 15 is 0 Å². The Labute approximate surface area is 133 Å². The second-order valence-corrected chi connectivity index (χ2v) is 5.64. The lowest BCUT2D eigenvalue weighted by Crippen LogP contribution is -2.11. The summed E-state index contributed by atoms with van der Waals surface area (Å²) in [6.07, 6.45) is 4.66. The lowest BCUT2D eigenvalue weighted by Gasteiger charge is -2.17. The average molecular weight is 324 g/mol. The monoisotopic (exact) mass is 323 g/mol. The molecule has 1 aromatic heterocycles. The molecule has 6 nitrogen and oxygen atoms in total. The van der Waals surface area contributed by atoms with E-state index in [9.17, 15) is 0 Å². The minimum atomic E-state index is 0.197. The zero-order chi connectivity index (χ0) is 15.5. The molecule has 0 atom stereocenters. The van der Waals surface area contributed by atoms with Crippen LogP contribution < -0.4 is 15.2 Å². The fourth-order valence-corrected chi connectivity index (χ4v) is 2.91. The summed E-state index contributed by atoms with van der Waals surface area (Å²) in [5, 5.41) is 4.36. The van der Waals surface area contributed by atoms with Crippen molar-refractivity contribution in [3.05, 3.63) is 23.0 Å². The number of hydrogen-bond acceptors (Lipinski definition) is 6. The van der Waals surface area contributed by atoms with Crippen LogP contribution in [-0.2, 0) is 6.54 Å². The van der Waals surface area contributed by atoms with Gasteiger partial charge in [0, 0.05) is 5.56 Å². The second kappa shape index (κ2) is 6.54. The Hall–Kier alpha value is -1.79. The number of methoxy groups -OCH3 is 1. The van der Waals surface area contributed by atoms with Gasteiger partial charge in [-0.2, -0.15) is 4.98 Å². The summed E-state index contributed by atoms with van der Waals surface area (Å²) < 4.78 is 16.5. The van der Waals surface area contributed by atoms with Gasteiger partial charge < -0.3 is 19.7 Å². The first-order chi connectivity index (χ1) is 10.7. The van der Waals surface area contributed by atoms with Crippen molar-refractivity contribution in [2.24, 2.45) is 5.73 Å². The zero-order valence-electron chi connectivity index (χ0n) is 12.3. The molecule has 0 bridgehead atoms. The predicted octanol–water partition coefficient (Wildman–Crippen LogP) is 3.18. The van der Waals surface area contributed by atoms with Crippen molar-refractivity contribution in [2.75, 3.05) is 7.11 Å². The molecule has 2 aromatic rings. The Bertz CT molecular complexity index is 653. The minimum Gasteiger partial charge on any atom is -0.491 e. The highest BCUT2D eigenvalue weighted by molar-refractivity contribution is 6.32. The van der Waals surface area contributed by atoms with Crippen LogP contribution in [0.5, 0.6) is 11.5 Å². The maximum absolute atomic E-state index is 6.29. The number of benzene rings is 1. The summed E-state index contributed by atoms with van der Waals surface area (Å²) in [6, 6.07) is 3.56. The summed E-state index contributed by atoms with van der Waals surface area (Å²) in [4.78, 5) is 4.21. The molecule has 22 heavy (non-hydrogen) atoms. The van der Waals surface area contributed by atoms with Crippen LogP contribution in [0, 0.1) is 0 Å². The van der Waals surface area contributed by atoms with Crippen LogP contribution in [0.1, 0.15) is 31.6 Å². The SMILES string of the molecule is COc1c(Cl)cc(-c2noc(CN)n2)cc1OC1CCCC1. The molecule has 1 heterocycles. The van der Waals surface area contributed by atoms with Crippen molar-refractivity contribution in [2.45, 2.75) is 38.3 Å². The van der Waals surface area contributed by atoms with Gasteiger partial charge >= 0.3 is 0 Å². The molecule has 1 saturated carbocycles. The highest BCUT2D eigenvalue weighted by atomic mass is 35.5. The van der Waals surface area contributed by atoms with Crippen LogP contribution in [-0.4, -0.2) is 23.4 Å². The fourth-order valence-electron chi connectivity index (χ4n) is 2.62. The number of hydrogen-bond donors (Lipinski definition) is 1. The van der Waals surface area contributed by atoms with E-state index in [0.29, 0.717) is 33.8 Å². The van der Waals surface area contributed by atoms with E-state index in [4.69, 9.17) is 31.3 Å². The molecule has 1 fully saturated rings. The van der Waals surface area contributed by atoms with E-state index in [0.717, 1.165) is 12.8 Å². The maximum Gasteiger partial charge on any atom is 0.240 e. The summed E-state index contributed by atoms with van der Waals surface area (Å²) in [6.45, 7) is 0.197. The summed E-state index contributed by atoms with van der Waals surface area (Å²) in [5.41, 5.74) is 6.20. The zero-order valence-corrected chi connectivity index (χ0v) is 13.1. The highest BCUT2D eigenvalue weighted by Gasteiger charge is 2.21. The fraction of sp³-hybridized carbons (Fsp3) is 0.467. The quantitative estimate of drug-likeness (QED) is 0.909. The third-order valence-electron chi connectivity index (χ3n) is 3.71. The summed E-state index contributed by atoms with van der Waals surface area (Å²) >= 11 is 6.29. The van der Waals surface area contributed by atoms with Crippen molar-refractivity contribution >= 4 is 11.6 Å². The first-order valence-electron chi connectivity index (χ1n) is 7.28. The Balaban J connectivity index is 1.95. The van der Waals surface area contributed by atoms with Gasteiger partial charge in [0.25, 0.3) is 0 Å². The molecule has 0 radical (unpaired) electrons. The number of aromatic nitrogens is 2. The van der Waals surface area contributed by atoms with Crippen LogP contribution in [0.25, 0.3) is 11.4 Å². The molecular formula is C15H18ClN3O3. The molecule has 2 N–H and O–H groups in total. The van der Waals surface area contributed by atoms with Gasteiger partial charge in [0.15, 0.2) is 11.5 Å². The van der Waals surface area contributed by atoms with Gasteiger partial charge in [-0.05, 0) is 37.8 Å². The molecule has 0 unspecified atom stereocenters. The highest BCUT2D eigenvalue weighted by Crippen LogP contribution is 2.40. The Morgan fingerprint density at radius 2 is 2.14 bits per heavy atom. The number of nitrogens with zero attached hydrogens (tertiary/aromatic N) is 2. The smallest absolute Gasteiger partial charge is 0.240 e. The molecule has 0 amide bonds. The van der Waals surface area contributed by atoms with Gasteiger partial charge in [0.1, 0.15) is 0 Å². The van der Waals surface area contributed by atoms with Crippen molar-refractivity contribution in [3.8, 4) is 22.9 Å². The lowest BCUT2D eigenvalue weighted by molar-refractivity contribution is 0.201. The van der Waals surface area contributed by atoms with Gasteiger partial charge in [-0.25, -0.2) is 0 Å². The molecule has 0 spiro atoms. The molecule has 118 valence electrons. The van der Waals surface area contributed by atoms with Crippen LogP contribution in [0.3, 0.4) is 0 Å². The van der Waals surface area contributed by atoms with Crippen molar-refractivity contribution in [1.82, 2.24) is 10.1 Å². The first-order valence-corrected chi connectivity index (χ1v) is 7.66. The number of rotatable bonds is 5. The molecule has 7 heteroatoms. The first kappa shape index (κ1) is 15.1. The standard InChI is InChI=1S/C15H18ClN3O3/c1-20-14-11(16)6-9(15-18-13(8-17)22-19-15)7-12(14)21-10-4-2-3-5-10/h6-7,10H,2-5,8,17H2,1H3. The minimum absolute atomic E-state index is 0.197. The van der Waals surface area contributed by atoms with Gasteiger partial charge in [-0.15, -0.1) is 0 Å². The molecule has 0 aliphatic heterocycles. The van der Waals surface area contributed by atoms with Gasteiger partial charge in [0.2, 0.25) is 11.7 Å². The van der Waals surface area contributed by atoms with E-state index in [-0.39, 0.29) is 12.6 Å². The molecule has 3 rings (SSSR count). The molecule has 1 aliphatic carbocycles. The third-order valence-corrected chi connectivity index (χ3v) is 3.99. The molecule has 1 aromatic carbocycles. The van der Waals surface area contributed by atoms with E-state index in [2.05, 4.69) is 10.1 Å². The molecule has 1 aliphatic rings. The number of halogens is 1. The summed E-state index contributed by atoms with van der Waals surface area (Å²) in [7, 11) is 1.57. The predicted molar refractivity (Wildman–Crippen MR) is 82.1 cm³/mol. The average Bonchev–Trinajstić information content (AvgIpc) is 3.18. The Kier molecular flexibility index (Phi) is 4.49. The van der Waals surface area contributed by atoms with Crippen molar-refractivity contribution in [1.29, 1.82) is 0 Å². The Morgan fingerprint density at radius 3 is 2.77 bits per heavy atom. The maximum atomic E-state index is 6.29. The number of ether oxygens (including phenoxy) is 2. The third kappa shape index (κ3) is 3.03. The van der Waals surface area contributed by atoms with E-state index in [1.807, 2.05) is 6.07 Å². The largest absolute Gasteiger partial charge is 0.491 e. The summed E-state index contributed by atoms with van der Waals surface area (Å²) in [5.74, 6) is 1.94. The second-order valence-electron chi connectivity index (χ2n) is 5.23. The van der Waals surface area contributed by atoms with Gasteiger partial charge in [-0.1, -0.05) is 16.8 Å². The van der Waals surface area contributed by atoms with E-state index in [1.54, 1.807) is 13.2 Å². The van der Waals surface area contributed by atoms with E-state index in [1.165, 1.54) is 12.8 Å². The Morgan fingerprint density at radius 1 is 1.36 bits per heavy atom. The number of nitrogens with two attached hydrogens (primary N) is 1. The van der Waals surface area contributed by atoms with Crippen LogP contribution in [0.15, 0.2) is 16.7 Å². The van der Waals surface area contributed by atoms with Crippen molar-refractivity contribution < 1.29 is 14.0 Å². The van der Waals surface area contributed by atoms with Gasteiger partial charge in [-0.3, -0.25) is 0 Å². The normalized spacial score (nSPS) is 15.2. The van der Waals surface area contributed by atoms with Crippen LogP contribution >= 0.6 is 11.6 Å². The topological polar surface area (TPSA) is 83.4 Å². The molecular weight excluding hydrogens is 306 g/mol. The van der Waals surface area contributed by atoms with Crippen molar-refractivity contribution in [3.63, 3.8) is 0 Å². The lowest BCUT2D eigenvalue weighted by atomic mass is 10.2.